The van der Waals surface area contributed by atoms with Gasteiger partial charge in [0.1, 0.15) is 10.3 Å². The molecule has 3 heterocycles. The molecule has 0 amide bonds. The van der Waals surface area contributed by atoms with E-state index in [0.717, 1.165) is 21.4 Å². The molecule has 0 N–H and O–H groups in total. The molecule has 0 radical (unpaired) electrons. The maximum Gasteiger partial charge on any atom is 0.235 e. The summed E-state index contributed by atoms with van der Waals surface area (Å²) in [6, 6.07) is 3.50. The third-order valence-corrected chi connectivity index (χ3v) is 4.14. The van der Waals surface area contributed by atoms with E-state index in [0.29, 0.717) is 10.3 Å². The molecule has 0 saturated carbocycles. The number of halogens is 2. The molecule has 0 saturated heterocycles. The van der Waals surface area contributed by atoms with Crippen molar-refractivity contribution in [3.63, 3.8) is 0 Å². The molecule has 0 fully saturated rings. The molecular formula is C12H11Cl2N5S. The number of nitrogens with zero attached hydrogens (tertiary/aromatic N) is 5. The number of fused-ring (bicyclic) bond motifs is 1. The van der Waals surface area contributed by atoms with E-state index in [-0.39, 0.29) is 5.41 Å². The second-order valence-electron chi connectivity index (χ2n) is 5.35. The van der Waals surface area contributed by atoms with Crippen LogP contribution in [-0.2, 0) is 5.41 Å². The molecule has 8 heteroatoms. The van der Waals surface area contributed by atoms with E-state index in [2.05, 4.69) is 41.1 Å². The van der Waals surface area contributed by atoms with Crippen molar-refractivity contribution < 1.29 is 0 Å². The summed E-state index contributed by atoms with van der Waals surface area (Å²) in [5.74, 6) is 0.813. The maximum atomic E-state index is 6.11. The third-order valence-electron chi connectivity index (χ3n) is 2.71. The molecule has 5 nitrogen and oxygen atoms in total. The van der Waals surface area contributed by atoms with E-state index in [1.807, 2.05) is 0 Å². The van der Waals surface area contributed by atoms with Gasteiger partial charge in [-0.05, 0) is 12.1 Å². The molecule has 0 spiro atoms. The van der Waals surface area contributed by atoms with Crippen LogP contribution in [0, 0.1) is 0 Å². The van der Waals surface area contributed by atoms with Crippen LogP contribution in [0.1, 0.15) is 26.6 Å². The predicted octanol–water partition coefficient (Wildman–Crippen LogP) is 3.85. The van der Waals surface area contributed by atoms with E-state index >= 15 is 0 Å². The lowest BCUT2D eigenvalue weighted by Crippen LogP contribution is -2.16. The number of aromatic nitrogens is 5. The van der Waals surface area contributed by atoms with Crippen LogP contribution in [0.2, 0.25) is 10.3 Å². The highest BCUT2D eigenvalue weighted by Gasteiger charge is 2.24. The van der Waals surface area contributed by atoms with Crippen LogP contribution in [0.25, 0.3) is 15.5 Å². The number of hydrogen-bond donors (Lipinski definition) is 0. The second kappa shape index (κ2) is 4.65. The standard InChI is InChI=1S/C12H11Cl2N5S/c1-12(2,3)10-16-17-11-19(10)18-9(20-11)6-4-5-7(13)15-8(6)14/h4-5H,1-3H3. The summed E-state index contributed by atoms with van der Waals surface area (Å²) in [5.41, 5.74) is 0.610. The summed E-state index contributed by atoms with van der Waals surface area (Å²) in [4.78, 5) is 4.76. The highest BCUT2D eigenvalue weighted by molar-refractivity contribution is 7.19. The van der Waals surface area contributed by atoms with Crippen molar-refractivity contribution >= 4 is 39.5 Å². The predicted molar refractivity (Wildman–Crippen MR) is 80.6 cm³/mol. The Kier molecular flexibility index (Phi) is 3.19. The van der Waals surface area contributed by atoms with E-state index in [1.165, 1.54) is 11.3 Å². The Bertz CT molecular complexity index is 787. The lowest BCUT2D eigenvalue weighted by Gasteiger charge is -2.13. The molecule has 0 aliphatic heterocycles. The first-order valence-electron chi connectivity index (χ1n) is 5.91. The quantitative estimate of drug-likeness (QED) is 0.637. The van der Waals surface area contributed by atoms with Gasteiger partial charge >= 0.3 is 0 Å². The van der Waals surface area contributed by atoms with Crippen molar-refractivity contribution in [1.29, 1.82) is 0 Å². The Labute approximate surface area is 129 Å². The molecule has 0 atom stereocenters. The van der Waals surface area contributed by atoms with Gasteiger partial charge in [0.2, 0.25) is 4.96 Å². The second-order valence-corrected chi connectivity index (χ2v) is 7.05. The summed E-state index contributed by atoms with van der Waals surface area (Å²) in [7, 11) is 0. The fourth-order valence-corrected chi connectivity index (χ4v) is 3.12. The van der Waals surface area contributed by atoms with E-state index < -0.39 is 0 Å². The molecule has 3 aromatic heterocycles. The van der Waals surface area contributed by atoms with Crippen molar-refractivity contribution in [3.8, 4) is 10.6 Å². The minimum Gasteiger partial charge on any atom is -0.224 e. The third kappa shape index (κ3) is 2.28. The van der Waals surface area contributed by atoms with E-state index in [1.54, 1.807) is 16.6 Å². The van der Waals surface area contributed by atoms with Gasteiger partial charge in [0.05, 0.1) is 0 Å². The van der Waals surface area contributed by atoms with Crippen LogP contribution >= 0.6 is 34.5 Å². The van der Waals surface area contributed by atoms with Crippen molar-refractivity contribution in [2.45, 2.75) is 26.2 Å². The van der Waals surface area contributed by atoms with Gasteiger partial charge in [0, 0.05) is 11.0 Å². The fourth-order valence-electron chi connectivity index (χ4n) is 1.77. The van der Waals surface area contributed by atoms with Gasteiger partial charge in [-0.3, -0.25) is 0 Å². The van der Waals surface area contributed by atoms with Crippen LogP contribution < -0.4 is 0 Å². The average molecular weight is 328 g/mol. The zero-order valence-electron chi connectivity index (χ0n) is 11.1. The van der Waals surface area contributed by atoms with Crippen LogP contribution in [0.3, 0.4) is 0 Å². The smallest absolute Gasteiger partial charge is 0.224 e. The molecule has 0 unspecified atom stereocenters. The van der Waals surface area contributed by atoms with Gasteiger partial charge < -0.3 is 0 Å². The molecule has 3 rings (SSSR count). The van der Waals surface area contributed by atoms with E-state index in [4.69, 9.17) is 23.2 Å². The minimum absolute atomic E-state index is 0.132. The Hall–Kier alpha value is -1.24. The summed E-state index contributed by atoms with van der Waals surface area (Å²) in [5, 5.41) is 14.3. The van der Waals surface area contributed by atoms with Crippen molar-refractivity contribution in [2.24, 2.45) is 0 Å². The molecule has 0 aromatic carbocycles. The van der Waals surface area contributed by atoms with E-state index in [9.17, 15) is 0 Å². The lowest BCUT2D eigenvalue weighted by molar-refractivity contribution is 0.528. The summed E-state index contributed by atoms with van der Waals surface area (Å²) in [6.07, 6.45) is 0. The largest absolute Gasteiger partial charge is 0.235 e. The zero-order chi connectivity index (χ0) is 14.5. The lowest BCUT2D eigenvalue weighted by atomic mass is 9.96. The topological polar surface area (TPSA) is 56.0 Å². The fraction of sp³-hybridized carbons (Fsp3) is 0.333. The molecule has 0 bridgehead atoms. The van der Waals surface area contributed by atoms with Gasteiger partial charge in [-0.1, -0.05) is 55.3 Å². The maximum absolute atomic E-state index is 6.11. The zero-order valence-corrected chi connectivity index (χ0v) is 13.4. The van der Waals surface area contributed by atoms with Crippen molar-refractivity contribution in [2.75, 3.05) is 0 Å². The highest BCUT2D eigenvalue weighted by Crippen LogP contribution is 2.32. The number of rotatable bonds is 1. The van der Waals surface area contributed by atoms with Gasteiger partial charge in [-0.15, -0.1) is 10.2 Å². The Balaban J connectivity index is 2.16. The van der Waals surface area contributed by atoms with Gasteiger partial charge in [-0.2, -0.15) is 9.61 Å². The van der Waals surface area contributed by atoms with Crippen LogP contribution in [0.4, 0.5) is 0 Å². The average Bonchev–Trinajstić information content (AvgIpc) is 2.86. The number of hydrogen-bond acceptors (Lipinski definition) is 5. The van der Waals surface area contributed by atoms with Crippen molar-refractivity contribution in [1.82, 2.24) is 24.8 Å². The summed E-state index contributed by atoms with van der Waals surface area (Å²) in [6.45, 7) is 6.21. The van der Waals surface area contributed by atoms with Gasteiger partial charge in [0.25, 0.3) is 0 Å². The molecule has 0 aliphatic carbocycles. The number of pyridine rings is 1. The van der Waals surface area contributed by atoms with Gasteiger partial charge in [-0.25, -0.2) is 4.98 Å². The molecule has 3 aromatic rings. The molecule has 0 aliphatic rings. The first kappa shape index (κ1) is 13.7. The van der Waals surface area contributed by atoms with Crippen LogP contribution in [-0.4, -0.2) is 24.8 Å². The highest BCUT2D eigenvalue weighted by atomic mass is 35.5. The van der Waals surface area contributed by atoms with Crippen LogP contribution in [0.15, 0.2) is 12.1 Å². The monoisotopic (exact) mass is 327 g/mol. The van der Waals surface area contributed by atoms with Crippen molar-refractivity contribution in [3.05, 3.63) is 28.3 Å². The Morgan fingerprint density at radius 3 is 2.55 bits per heavy atom. The first-order chi connectivity index (χ1) is 9.36. The first-order valence-corrected chi connectivity index (χ1v) is 7.48. The molecule has 20 heavy (non-hydrogen) atoms. The minimum atomic E-state index is -0.132. The summed E-state index contributed by atoms with van der Waals surface area (Å²) < 4.78 is 1.75. The SMILES string of the molecule is CC(C)(C)c1nnc2sc(-c3ccc(Cl)nc3Cl)nn12. The molecule has 104 valence electrons. The summed E-state index contributed by atoms with van der Waals surface area (Å²) >= 11 is 13.3. The molecular weight excluding hydrogens is 317 g/mol. The normalized spacial score (nSPS) is 12.2. The Morgan fingerprint density at radius 1 is 1.15 bits per heavy atom. The van der Waals surface area contributed by atoms with Crippen LogP contribution in [0.5, 0.6) is 0 Å². The van der Waals surface area contributed by atoms with Gasteiger partial charge in [0.15, 0.2) is 10.8 Å². The Morgan fingerprint density at radius 2 is 1.90 bits per heavy atom.